The van der Waals surface area contributed by atoms with Crippen LogP contribution in [0.15, 0.2) is 35.8 Å². The number of nitrogens with zero attached hydrogens (tertiary/aromatic N) is 3. The SMILES string of the molecule is COCC(=O)Nc1cnc(C)n1-c1nc(-c2ccc(F)cc2)cs1. The lowest BCUT2D eigenvalue weighted by Gasteiger charge is -2.08. The molecule has 0 aliphatic rings. The number of carbonyl (C=O) groups is 1. The summed E-state index contributed by atoms with van der Waals surface area (Å²) >= 11 is 1.41. The van der Waals surface area contributed by atoms with Crippen molar-refractivity contribution < 1.29 is 13.9 Å². The van der Waals surface area contributed by atoms with Crippen molar-refractivity contribution in [2.75, 3.05) is 19.0 Å². The van der Waals surface area contributed by atoms with Crippen molar-refractivity contribution in [2.45, 2.75) is 6.92 Å². The molecule has 1 N–H and O–H groups in total. The maximum atomic E-state index is 13.0. The summed E-state index contributed by atoms with van der Waals surface area (Å²) in [6, 6.07) is 6.15. The minimum absolute atomic E-state index is 0.0388. The van der Waals surface area contributed by atoms with Gasteiger partial charge < -0.3 is 10.1 Å². The summed E-state index contributed by atoms with van der Waals surface area (Å²) in [6.07, 6.45) is 1.57. The Hall–Kier alpha value is -2.58. The molecule has 2 aromatic heterocycles. The number of hydrogen-bond acceptors (Lipinski definition) is 5. The number of nitrogens with one attached hydrogen (secondary N) is 1. The minimum atomic E-state index is -0.289. The van der Waals surface area contributed by atoms with Crippen LogP contribution in [0.3, 0.4) is 0 Å². The maximum Gasteiger partial charge on any atom is 0.251 e. The number of thiazole rings is 1. The first-order chi connectivity index (χ1) is 11.6. The first kappa shape index (κ1) is 16.3. The third kappa shape index (κ3) is 3.34. The summed E-state index contributed by atoms with van der Waals surface area (Å²) in [5.74, 6) is 0.661. The molecule has 6 nitrogen and oxygen atoms in total. The average Bonchev–Trinajstić information content (AvgIpc) is 3.15. The normalized spacial score (nSPS) is 10.8. The Labute approximate surface area is 141 Å². The van der Waals surface area contributed by atoms with Gasteiger partial charge in [0.2, 0.25) is 0 Å². The molecule has 0 saturated carbocycles. The first-order valence-corrected chi connectivity index (χ1v) is 8.01. The predicted molar refractivity (Wildman–Crippen MR) is 89.9 cm³/mol. The fourth-order valence-electron chi connectivity index (χ4n) is 2.20. The van der Waals surface area contributed by atoms with Crippen LogP contribution >= 0.6 is 11.3 Å². The number of halogens is 1. The second kappa shape index (κ2) is 6.90. The zero-order valence-corrected chi connectivity index (χ0v) is 13.9. The summed E-state index contributed by atoms with van der Waals surface area (Å²) in [5.41, 5.74) is 1.55. The fraction of sp³-hybridized carbons (Fsp3) is 0.188. The van der Waals surface area contributed by atoms with E-state index in [1.807, 2.05) is 12.3 Å². The van der Waals surface area contributed by atoms with Crippen molar-refractivity contribution >= 4 is 23.1 Å². The Kier molecular flexibility index (Phi) is 4.68. The van der Waals surface area contributed by atoms with Gasteiger partial charge in [-0.2, -0.15) is 0 Å². The predicted octanol–water partition coefficient (Wildman–Crippen LogP) is 3.03. The van der Waals surface area contributed by atoms with Gasteiger partial charge in [0, 0.05) is 18.1 Å². The number of benzene rings is 1. The number of anilines is 1. The number of carbonyl (C=O) groups excluding carboxylic acids is 1. The highest BCUT2D eigenvalue weighted by atomic mass is 32.1. The van der Waals surface area contributed by atoms with Gasteiger partial charge >= 0.3 is 0 Å². The highest BCUT2D eigenvalue weighted by Crippen LogP contribution is 2.27. The molecule has 8 heteroatoms. The van der Waals surface area contributed by atoms with E-state index in [0.29, 0.717) is 16.8 Å². The van der Waals surface area contributed by atoms with E-state index in [-0.39, 0.29) is 18.3 Å². The standard InChI is InChI=1S/C16H15FN4O2S/c1-10-18-7-14(20-15(22)8-23-2)21(10)16-19-13(9-24-16)11-3-5-12(17)6-4-11/h3-7,9H,8H2,1-2H3,(H,20,22). The molecule has 0 bridgehead atoms. The minimum Gasteiger partial charge on any atom is -0.375 e. The molecule has 0 fully saturated rings. The number of aryl methyl sites for hydroxylation is 1. The number of ether oxygens (including phenoxy) is 1. The van der Waals surface area contributed by atoms with Crippen molar-refractivity contribution in [3.05, 3.63) is 47.5 Å². The first-order valence-electron chi connectivity index (χ1n) is 7.13. The van der Waals surface area contributed by atoms with E-state index in [1.54, 1.807) is 22.9 Å². The summed E-state index contributed by atoms with van der Waals surface area (Å²) in [6.45, 7) is 1.79. The quantitative estimate of drug-likeness (QED) is 0.771. The number of methoxy groups -OCH3 is 1. The van der Waals surface area contributed by atoms with E-state index < -0.39 is 0 Å². The second-order valence-corrected chi connectivity index (χ2v) is 5.87. The smallest absolute Gasteiger partial charge is 0.251 e. The Bertz CT molecular complexity index is 857. The van der Waals surface area contributed by atoms with Crippen molar-refractivity contribution in [3.63, 3.8) is 0 Å². The molecule has 0 aliphatic heterocycles. The van der Waals surface area contributed by atoms with Gasteiger partial charge in [0.05, 0.1) is 11.9 Å². The van der Waals surface area contributed by atoms with Crippen LogP contribution in [-0.2, 0) is 9.53 Å². The number of imidazole rings is 1. The summed E-state index contributed by atoms with van der Waals surface area (Å²) in [7, 11) is 1.46. The number of aromatic nitrogens is 3. The number of rotatable bonds is 5. The maximum absolute atomic E-state index is 13.0. The fourth-order valence-corrected chi connectivity index (χ4v) is 3.10. The van der Waals surface area contributed by atoms with Crippen molar-refractivity contribution in [1.29, 1.82) is 0 Å². The molecule has 2 heterocycles. The Morgan fingerprint density at radius 1 is 1.38 bits per heavy atom. The van der Waals surface area contributed by atoms with Gasteiger partial charge in [-0.25, -0.2) is 14.4 Å². The van der Waals surface area contributed by atoms with Gasteiger partial charge in [-0.15, -0.1) is 11.3 Å². The Morgan fingerprint density at radius 2 is 2.12 bits per heavy atom. The largest absolute Gasteiger partial charge is 0.375 e. The van der Waals surface area contributed by atoms with Crippen molar-refractivity contribution in [1.82, 2.24) is 14.5 Å². The molecule has 3 rings (SSSR count). The van der Waals surface area contributed by atoms with E-state index in [0.717, 1.165) is 11.3 Å². The summed E-state index contributed by atoms with van der Waals surface area (Å²) in [4.78, 5) is 20.5. The summed E-state index contributed by atoms with van der Waals surface area (Å²) in [5, 5.41) is 5.28. The molecule has 0 unspecified atom stereocenters. The lowest BCUT2D eigenvalue weighted by molar-refractivity contribution is -0.119. The summed E-state index contributed by atoms with van der Waals surface area (Å²) < 4.78 is 19.6. The van der Waals surface area contributed by atoms with Gasteiger partial charge in [0.1, 0.15) is 24.1 Å². The van der Waals surface area contributed by atoms with E-state index in [9.17, 15) is 9.18 Å². The zero-order chi connectivity index (χ0) is 17.1. The van der Waals surface area contributed by atoms with Crippen LogP contribution in [0.5, 0.6) is 0 Å². The van der Waals surface area contributed by atoms with Gasteiger partial charge in [-0.3, -0.25) is 9.36 Å². The lowest BCUT2D eigenvalue weighted by Crippen LogP contribution is -2.19. The zero-order valence-electron chi connectivity index (χ0n) is 13.1. The van der Waals surface area contributed by atoms with Crippen molar-refractivity contribution in [2.24, 2.45) is 0 Å². The van der Waals surface area contributed by atoms with Gasteiger partial charge in [0.25, 0.3) is 5.91 Å². The van der Waals surface area contributed by atoms with Crippen LogP contribution in [0.1, 0.15) is 5.82 Å². The molecule has 0 aliphatic carbocycles. The van der Waals surface area contributed by atoms with Crippen LogP contribution in [0.2, 0.25) is 0 Å². The molecular weight excluding hydrogens is 331 g/mol. The monoisotopic (exact) mass is 346 g/mol. The molecule has 0 radical (unpaired) electrons. The molecular formula is C16H15FN4O2S. The topological polar surface area (TPSA) is 69.0 Å². The third-order valence-electron chi connectivity index (χ3n) is 3.30. The molecule has 3 aromatic rings. The van der Waals surface area contributed by atoms with Crippen LogP contribution < -0.4 is 5.32 Å². The highest BCUT2D eigenvalue weighted by molar-refractivity contribution is 7.12. The molecule has 0 spiro atoms. The van der Waals surface area contributed by atoms with E-state index >= 15 is 0 Å². The van der Waals surface area contributed by atoms with E-state index in [4.69, 9.17) is 4.74 Å². The van der Waals surface area contributed by atoms with Gasteiger partial charge in [-0.1, -0.05) is 0 Å². The van der Waals surface area contributed by atoms with Crippen LogP contribution in [-0.4, -0.2) is 34.2 Å². The Morgan fingerprint density at radius 3 is 2.83 bits per heavy atom. The molecule has 24 heavy (non-hydrogen) atoms. The Balaban J connectivity index is 1.91. The highest BCUT2D eigenvalue weighted by Gasteiger charge is 2.15. The van der Waals surface area contributed by atoms with Crippen LogP contribution in [0.25, 0.3) is 16.4 Å². The number of amides is 1. The lowest BCUT2D eigenvalue weighted by atomic mass is 10.2. The second-order valence-electron chi connectivity index (χ2n) is 5.03. The molecule has 1 aromatic carbocycles. The van der Waals surface area contributed by atoms with E-state index in [2.05, 4.69) is 15.3 Å². The van der Waals surface area contributed by atoms with Crippen LogP contribution in [0.4, 0.5) is 10.2 Å². The molecule has 0 atom stereocenters. The van der Waals surface area contributed by atoms with Gasteiger partial charge in [0.15, 0.2) is 5.13 Å². The van der Waals surface area contributed by atoms with Crippen LogP contribution in [0, 0.1) is 12.7 Å². The number of hydrogen-bond donors (Lipinski definition) is 1. The molecule has 1 amide bonds. The van der Waals surface area contributed by atoms with Crippen molar-refractivity contribution in [3.8, 4) is 16.4 Å². The average molecular weight is 346 g/mol. The van der Waals surface area contributed by atoms with Gasteiger partial charge in [-0.05, 0) is 31.2 Å². The molecule has 0 saturated heterocycles. The van der Waals surface area contributed by atoms with E-state index in [1.165, 1.54) is 30.6 Å². The molecule has 124 valence electrons. The third-order valence-corrected chi connectivity index (χ3v) is 4.13.